The largest absolute Gasteiger partial charge is 0.488 e. The van der Waals surface area contributed by atoms with Crippen molar-refractivity contribution in [1.29, 1.82) is 0 Å². The van der Waals surface area contributed by atoms with E-state index in [1.54, 1.807) is 0 Å². The van der Waals surface area contributed by atoms with Crippen LogP contribution in [0.15, 0.2) is 24.3 Å². The van der Waals surface area contributed by atoms with Gasteiger partial charge < -0.3 is 9.84 Å². The molecule has 1 unspecified atom stereocenters. The predicted molar refractivity (Wildman–Crippen MR) is 61.6 cm³/mol. The number of rotatable bonds is 2. The van der Waals surface area contributed by atoms with Gasteiger partial charge in [-0.25, -0.2) is 0 Å². The van der Waals surface area contributed by atoms with Gasteiger partial charge in [0.15, 0.2) is 0 Å². The molecule has 1 fully saturated rings. The van der Waals surface area contributed by atoms with E-state index in [1.165, 1.54) is 5.56 Å². The standard InChI is InChI=1S/C13H17NO2/c1-13(15)8-14(9-13)7-11-6-10-4-2-3-5-12(10)16-11/h2-5,11,15H,6-9H2,1H3. The number of ether oxygens (including phenoxy) is 1. The first-order valence-electron chi connectivity index (χ1n) is 5.82. The van der Waals surface area contributed by atoms with E-state index in [2.05, 4.69) is 17.0 Å². The Morgan fingerprint density at radius 1 is 1.44 bits per heavy atom. The zero-order valence-electron chi connectivity index (χ0n) is 9.52. The third kappa shape index (κ3) is 1.81. The molecule has 1 aromatic carbocycles. The van der Waals surface area contributed by atoms with Crippen LogP contribution in [0, 0.1) is 0 Å². The average Bonchev–Trinajstić information content (AvgIpc) is 2.56. The van der Waals surface area contributed by atoms with Crippen molar-refractivity contribution >= 4 is 0 Å². The lowest BCUT2D eigenvalue weighted by Crippen LogP contribution is -2.61. The van der Waals surface area contributed by atoms with Crippen LogP contribution in [-0.4, -0.2) is 41.3 Å². The molecule has 0 radical (unpaired) electrons. The molecule has 0 saturated carbocycles. The van der Waals surface area contributed by atoms with E-state index in [1.807, 2.05) is 19.1 Å². The zero-order valence-corrected chi connectivity index (χ0v) is 9.52. The van der Waals surface area contributed by atoms with Crippen molar-refractivity contribution in [3.05, 3.63) is 29.8 Å². The number of benzene rings is 1. The number of hydrogen-bond donors (Lipinski definition) is 1. The molecule has 0 aliphatic carbocycles. The third-order valence-electron chi connectivity index (χ3n) is 3.30. The normalized spacial score (nSPS) is 27.0. The van der Waals surface area contributed by atoms with E-state index < -0.39 is 5.60 Å². The van der Waals surface area contributed by atoms with Gasteiger partial charge in [0.05, 0.1) is 5.60 Å². The molecule has 2 heterocycles. The van der Waals surface area contributed by atoms with Gasteiger partial charge in [-0.15, -0.1) is 0 Å². The second-order valence-corrected chi connectivity index (χ2v) is 5.22. The van der Waals surface area contributed by atoms with Crippen LogP contribution in [0.5, 0.6) is 5.75 Å². The number of β-amino-alcohol motifs (C(OH)–C–C–N with tert-alkyl or cyclic N) is 1. The highest BCUT2D eigenvalue weighted by molar-refractivity contribution is 5.37. The number of likely N-dealkylation sites (tertiary alicyclic amines) is 1. The van der Waals surface area contributed by atoms with Gasteiger partial charge in [0.1, 0.15) is 11.9 Å². The second-order valence-electron chi connectivity index (χ2n) is 5.22. The molecule has 0 bridgehead atoms. The highest BCUT2D eigenvalue weighted by Crippen LogP contribution is 2.30. The Kier molecular flexibility index (Phi) is 2.19. The summed E-state index contributed by atoms with van der Waals surface area (Å²) in [6.45, 7) is 4.34. The van der Waals surface area contributed by atoms with Gasteiger partial charge in [-0.2, -0.15) is 0 Å². The Morgan fingerprint density at radius 2 is 2.19 bits per heavy atom. The Bertz CT molecular complexity index is 370. The minimum atomic E-state index is -0.481. The maximum Gasteiger partial charge on any atom is 0.123 e. The first kappa shape index (κ1) is 10.1. The minimum absolute atomic E-state index is 0.258. The summed E-state index contributed by atoms with van der Waals surface area (Å²) in [5.41, 5.74) is 0.825. The van der Waals surface area contributed by atoms with Crippen molar-refractivity contribution < 1.29 is 9.84 Å². The first-order valence-corrected chi connectivity index (χ1v) is 5.82. The quantitative estimate of drug-likeness (QED) is 0.807. The van der Waals surface area contributed by atoms with Gasteiger partial charge in [-0.3, -0.25) is 4.90 Å². The Balaban J connectivity index is 1.57. The maximum absolute atomic E-state index is 9.65. The van der Waals surface area contributed by atoms with Crippen molar-refractivity contribution in [3.8, 4) is 5.75 Å². The number of fused-ring (bicyclic) bond motifs is 1. The summed E-state index contributed by atoms with van der Waals surface area (Å²) >= 11 is 0. The molecular formula is C13H17NO2. The topological polar surface area (TPSA) is 32.7 Å². The molecule has 1 N–H and O–H groups in total. The lowest BCUT2D eigenvalue weighted by Gasteiger charge is -2.45. The molecule has 3 nitrogen and oxygen atoms in total. The van der Waals surface area contributed by atoms with Crippen molar-refractivity contribution in [2.24, 2.45) is 0 Å². The summed E-state index contributed by atoms with van der Waals surface area (Å²) < 4.78 is 5.86. The molecule has 0 amide bonds. The van der Waals surface area contributed by atoms with E-state index in [0.29, 0.717) is 0 Å². The monoisotopic (exact) mass is 219 g/mol. The highest BCUT2D eigenvalue weighted by atomic mass is 16.5. The van der Waals surface area contributed by atoms with Gasteiger partial charge in [0.25, 0.3) is 0 Å². The number of para-hydroxylation sites is 1. The van der Waals surface area contributed by atoms with Gasteiger partial charge >= 0.3 is 0 Å². The summed E-state index contributed by atoms with van der Waals surface area (Å²) in [5, 5.41) is 9.65. The van der Waals surface area contributed by atoms with Gasteiger partial charge in [-0.1, -0.05) is 18.2 Å². The van der Waals surface area contributed by atoms with Crippen LogP contribution in [0.4, 0.5) is 0 Å². The average molecular weight is 219 g/mol. The summed E-state index contributed by atoms with van der Waals surface area (Å²) in [4.78, 5) is 2.25. The van der Waals surface area contributed by atoms with Crippen LogP contribution < -0.4 is 4.74 Å². The molecular weight excluding hydrogens is 202 g/mol. The van der Waals surface area contributed by atoms with E-state index in [9.17, 15) is 5.11 Å². The molecule has 3 rings (SSSR count). The van der Waals surface area contributed by atoms with Crippen LogP contribution in [0.25, 0.3) is 0 Å². The zero-order chi connectivity index (χ0) is 11.2. The molecule has 86 valence electrons. The second kappa shape index (κ2) is 3.47. The van der Waals surface area contributed by atoms with E-state index >= 15 is 0 Å². The highest BCUT2D eigenvalue weighted by Gasteiger charge is 2.38. The maximum atomic E-state index is 9.65. The Hall–Kier alpha value is -1.06. The van der Waals surface area contributed by atoms with Gasteiger partial charge in [-0.05, 0) is 18.6 Å². The fourth-order valence-electron chi connectivity index (χ4n) is 2.69. The molecule has 3 heteroatoms. The molecule has 0 spiro atoms. The summed E-state index contributed by atoms with van der Waals surface area (Å²) in [6, 6.07) is 8.22. The van der Waals surface area contributed by atoms with Crippen LogP contribution >= 0.6 is 0 Å². The molecule has 1 saturated heterocycles. The van der Waals surface area contributed by atoms with Crippen molar-refractivity contribution in [1.82, 2.24) is 4.90 Å². The number of hydrogen-bond acceptors (Lipinski definition) is 3. The van der Waals surface area contributed by atoms with E-state index in [4.69, 9.17) is 4.74 Å². The smallest absolute Gasteiger partial charge is 0.123 e. The van der Waals surface area contributed by atoms with Crippen molar-refractivity contribution in [2.45, 2.75) is 25.0 Å². The minimum Gasteiger partial charge on any atom is -0.488 e. The fraction of sp³-hybridized carbons (Fsp3) is 0.538. The van der Waals surface area contributed by atoms with Crippen LogP contribution in [0.2, 0.25) is 0 Å². The summed E-state index contributed by atoms with van der Waals surface area (Å²) in [7, 11) is 0. The van der Waals surface area contributed by atoms with E-state index in [0.717, 1.165) is 31.8 Å². The molecule has 16 heavy (non-hydrogen) atoms. The van der Waals surface area contributed by atoms with Crippen LogP contribution in [0.3, 0.4) is 0 Å². The van der Waals surface area contributed by atoms with Gasteiger partial charge in [0.2, 0.25) is 0 Å². The van der Waals surface area contributed by atoms with Gasteiger partial charge in [0, 0.05) is 26.1 Å². The number of aliphatic hydroxyl groups is 1. The molecule has 1 atom stereocenters. The first-order chi connectivity index (χ1) is 7.62. The van der Waals surface area contributed by atoms with Crippen molar-refractivity contribution in [2.75, 3.05) is 19.6 Å². The summed E-state index contributed by atoms with van der Waals surface area (Å²) in [6.07, 6.45) is 1.25. The predicted octanol–water partition coefficient (Wildman–Crippen LogP) is 1.06. The number of nitrogens with zero attached hydrogens (tertiary/aromatic N) is 1. The van der Waals surface area contributed by atoms with Crippen LogP contribution in [-0.2, 0) is 6.42 Å². The SMILES string of the molecule is CC1(O)CN(CC2Cc3ccccc3O2)C1. The Morgan fingerprint density at radius 3 is 2.88 bits per heavy atom. The van der Waals surface area contributed by atoms with E-state index in [-0.39, 0.29) is 6.10 Å². The molecule has 2 aliphatic rings. The lowest BCUT2D eigenvalue weighted by atomic mass is 9.96. The third-order valence-corrected chi connectivity index (χ3v) is 3.30. The molecule has 2 aliphatic heterocycles. The lowest BCUT2D eigenvalue weighted by molar-refractivity contribution is -0.0917. The summed E-state index contributed by atoms with van der Waals surface area (Å²) in [5.74, 6) is 1.03. The fourth-order valence-corrected chi connectivity index (χ4v) is 2.69. The van der Waals surface area contributed by atoms with Crippen LogP contribution in [0.1, 0.15) is 12.5 Å². The Labute approximate surface area is 95.6 Å². The van der Waals surface area contributed by atoms with Crippen molar-refractivity contribution in [3.63, 3.8) is 0 Å². The molecule has 0 aromatic heterocycles. The molecule has 1 aromatic rings.